The molecular weight excluding hydrogens is 854 g/mol. The monoisotopic (exact) mass is 927 g/mol. The van der Waals surface area contributed by atoms with E-state index in [0.29, 0.717) is 13.0 Å². The number of phosphoric ester groups is 2. The van der Waals surface area contributed by atoms with Crippen LogP contribution in [-0.2, 0) is 41.5 Å². The number of nitrogens with zero attached hydrogens (tertiary/aromatic N) is 2. The number of nitrogen functional groups attached to an aromatic ring is 1. The van der Waals surface area contributed by atoms with Gasteiger partial charge in [-0.3, -0.25) is 18.5 Å². The molecule has 17 nitrogen and oxygen atoms in total. The number of carbonyl (C=O) groups is 1. The fourth-order valence-electron chi connectivity index (χ4n) is 6.78. The molecule has 1 fully saturated rings. The van der Waals surface area contributed by atoms with Crippen molar-refractivity contribution in [2.45, 2.75) is 199 Å². The van der Waals surface area contributed by atoms with Crippen LogP contribution in [0.2, 0.25) is 0 Å². The number of aliphatic hydroxyl groups excluding tert-OH is 2. The molecule has 1 aromatic rings. The van der Waals surface area contributed by atoms with Gasteiger partial charge in [0, 0.05) is 19.2 Å². The third-order valence-corrected chi connectivity index (χ3v) is 12.7. The zero-order valence-corrected chi connectivity index (χ0v) is 43.3. The van der Waals surface area contributed by atoms with Gasteiger partial charge in [-0.2, -0.15) is 4.98 Å². The summed E-state index contributed by atoms with van der Waals surface area (Å²) >= 11 is 0. The van der Waals surface area contributed by atoms with Crippen LogP contribution in [0.4, 0.5) is 5.82 Å². The second-order valence-corrected chi connectivity index (χ2v) is 18.5. The van der Waals surface area contributed by atoms with Crippen LogP contribution >= 0.6 is 15.6 Å². The Labute approximate surface area is 408 Å². The van der Waals surface area contributed by atoms with E-state index < -0.39 is 71.2 Å². The average molecular weight is 928 g/mol. The van der Waals surface area contributed by atoms with Crippen LogP contribution in [0, 0.1) is 0 Å². The van der Waals surface area contributed by atoms with E-state index in [1.807, 2.05) is 0 Å². The maximum Gasteiger partial charge on any atom is 1.00 e. The van der Waals surface area contributed by atoms with Crippen LogP contribution < -0.4 is 80.3 Å². The smallest absolute Gasteiger partial charge is 0.756 e. The molecule has 2 heterocycles. The molecule has 21 heteroatoms. The number of anilines is 1. The summed E-state index contributed by atoms with van der Waals surface area (Å²) < 4.78 is 56.2. The fraction of sp³-hybridized carbons (Fsp3) is 0.875. The first-order valence-corrected chi connectivity index (χ1v) is 25.0. The molecule has 344 valence electrons. The Morgan fingerprint density at radius 2 is 1.25 bits per heavy atom. The quantitative estimate of drug-likeness (QED) is 0.0361. The van der Waals surface area contributed by atoms with E-state index in [1.165, 1.54) is 102 Å². The molecule has 61 heavy (non-hydrogen) atoms. The standard InChI is InChI=1S/C40H75N3O14P2.2Na/c1-3-5-7-9-11-13-15-16-17-18-20-22-24-26-36(44)55-33(30-52-29-25-23-21-19-14-12-10-8-6-4-2)31-53-58(48,49)57-59(50,51)54-32-34-37(45)38(46)39(56-34)43-28-27-35(41)42-40(43)47;;/h27-28,33-34,37-39,45-46H,3-26,29-32H2,1-2H3,(H,48,49)(H,50,51)(H2,41,42,47);;/q;2*+1/p-2/t33?,34-,37-,38+,39?;;/m1../s1. The van der Waals surface area contributed by atoms with Crippen molar-refractivity contribution in [1.29, 1.82) is 0 Å². The summed E-state index contributed by atoms with van der Waals surface area (Å²) in [6.07, 6.45) is 20.1. The van der Waals surface area contributed by atoms with Crippen LogP contribution in [0.3, 0.4) is 0 Å². The van der Waals surface area contributed by atoms with Gasteiger partial charge in [-0.1, -0.05) is 149 Å². The molecule has 0 saturated carbocycles. The second kappa shape index (κ2) is 36.4. The molecule has 2 rings (SSSR count). The Bertz CT molecular complexity index is 1430. The van der Waals surface area contributed by atoms with Gasteiger partial charge in [0.1, 0.15) is 30.2 Å². The third-order valence-electron chi connectivity index (χ3n) is 10.2. The largest absolute Gasteiger partial charge is 1.00 e. The number of unbranched alkanes of at least 4 members (excludes halogenated alkanes) is 21. The predicted octanol–water partition coefficient (Wildman–Crippen LogP) is 0.770. The predicted molar refractivity (Wildman–Crippen MR) is 220 cm³/mol. The van der Waals surface area contributed by atoms with Gasteiger partial charge in [0.2, 0.25) is 0 Å². The van der Waals surface area contributed by atoms with E-state index in [1.54, 1.807) is 0 Å². The number of ether oxygens (including phenoxy) is 3. The SMILES string of the molecule is CCCCCCCCCCCCCCCC(=O)OC(COCCCCCCCCCCCC)COP(=O)([O-])OP(=O)([O-])OC[C@H]1OC(n2ccc(N)nc2=O)[C@@H](O)[C@@H]1O.[Na+].[Na+]. The Balaban J connectivity index is 0.0000180. The molecule has 1 aliphatic heterocycles. The molecule has 1 saturated heterocycles. The number of phosphoric acid groups is 2. The number of hydrogen-bond donors (Lipinski definition) is 3. The van der Waals surface area contributed by atoms with Gasteiger partial charge in [0.25, 0.3) is 15.6 Å². The Morgan fingerprint density at radius 3 is 1.75 bits per heavy atom. The maximum absolute atomic E-state index is 12.7. The molecule has 1 aromatic heterocycles. The number of aliphatic hydroxyl groups is 2. The van der Waals surface area contributed by atoms with Gasteiger partial charge in [-0.25, -0.2) is 9.11 Å². The molecule has 0 bridgehead atoms. The molecule has 0 aliphatic carbocycles. The van der Waals surface area contributed by atoms with Crippen molar-refractivity contribution < 1.29 is 121 Å². The number of nitrogens with two attached hydrogens (primary N) is 1. The van der Waals surface area contributed by atoms with E-state index in [9.17, 15) is 38.7 Å². The van der Waals surface area contributed by atoms with E-state index in [2.05, 4.69) is 27.7 Å². The zero-order valence-electron chi connectivity index (χ0n) is 37.5. The van der Waals surface area contributed by atoms with Crippen molar-refractivity contribution in [1.82, 2.24) is 9.55 Å². The first-order chi connectivity index (χ1) is 28.3. The fourth-order valence-corrected chi connectivity index (χ4v) is 8.81. The summed E-state index contributed by atoms with van der Waals surface area (Å²) in [5, 5.41) is 20.8. The van der Waals surface area contributed by atoms with Crippen molar-refractivity contribution in [3.63, 3.8) is 0 Å². The molecule has 1 aliphatic rings. The molecule has 0 aromatic carbocycles. The summed E-state index contributed by atoms with van der Waals surface area (Å²) in [7, 11) is -11.3. The number of rotatable bonds is 37. The molecule has 4 N–H and O–H groups in total. The van der Waals surface area contributed by atoms with E-state index in [4.69, 9.17) is 24.5 Å². The topological polar surface area (TPSA) is 254 Å². The van der Waals surface area contributed by atoms with Crippen LogP contribution in [0.15, 0.2) is 17.1 Å². The first-order valence-electron chi connectivity index (χ1n) is 22.0. The average Bonchev–Trinajstić information content (AvgIpc) is 3.46. The molecule has 7 atom stereocenters. The van der Waals surface area contributed by atoms with Crippen molar-refractivity contribution in [2.24, 2.45) is 0 Å². The normalized spacial score (nSPS) is 20.0. The van der Waals surface area contributed by atoms with Gasteiger partial charge < -0.3 is 49.0 Å². The molecule has 0 amide bonds. The Hall–Kier alpha value is 0.250. The summed E-state index contributed by atoms with van der Waals surface area (Å²) in [5.74, 6) is -0.657. The minimum absolute atomic E-state index is 0. The van der Waals surface area contributed by atoms with E-state index in [-0.39, 0.29) is 78.0 Å². The van der Waals surface area contributed by atoms with Crippen molar-refractivity contribution in [3.05, 3.63) is 22.7 Å². The van der Waals surface area contributed by atoms with Crippen LogP contribution in [0.1, 0.15) is 174 Å². The minimum Gasteiger partial charge on any atom is -0.756 e. The number of aromatic nitrogens is 2. The van der Waals surface area contributed by atoms with Gasteiger partial charge in [-0.05, 0) is 18.9 Å². The van der Waals surface area contributed by atoms with Crippen molar-refractivity contribution in [2.75, 3.05) is 32.2 Å². The van der Waals surface area contributed by atoms with Gasteiger partial charge in [0.05, 0.1) is 19.8 Å². The van der Waals surface area contributed by atoms with E-state index in [0.717, 1.165) is 55.7 Å². The van der Waals surface area contributed by atoms with Crippen LogP contribution in [0.5, 0.6) is 0 Å². The van der Waals surface area contributed by atoms with Gasteiger partial charge in [-0.15, -0.1) is 0 Å². The van der Waals surface area contributed by atoms with Crippen LogP contribution in [0.25, 0.3) is 0 Å². The number of hydrogen-bond acceptors (Lipinski definition) is 16. The summed E-state index contributed by atoms with van der Waals surface area (Å²) in [4.78, 5) is 53.5. The summed E-state index contributed by atoms with van der Waals surface area (Å²) in [6, 6.07) is 1.25. The van der Waals surface area contributed by atoms with Gasteiger partial charge >= 0.3 is 70.8 Å². The molecular formula is C40H73N3Na2O14P2. The molecule has 0 spiro atoms. The summed E-state index contributed by atoms with van der Waals surface area (Å²) in [6.45, 7) is 2.83. The van der Waals surface area contributed by atoms with E-state index >= 15 is 0 Å². The number of carbonyl (C=O) groups excluding carboxylic acids is 1. The van der Waals surface area contributed by atoms with Crippen molar-refractivity contribution in [3.8, 4) is 0 Å². The van der Waals surface area contributed by atoms with Crippen molar-refractivity contribution >= 4 is 27.4 Å². The second-order valence-electron chi connectivity index (χ2n) is 15.5. The maximum atomic E-state index is 12.7. The van der Waals surface area contributed by atoms with Gasteiger partial charge in [0.15, 0.2) is 6.23 Å². The summed E-state index contributed by atoms with van der Waals surface area (Å²) in [5.41, 5.74) is 4.57. The molecule has 4 unspecified atom stereocenters. The number of esters is 1. The first kappa shape index (κ1) is 61.2. The third kappa shape index (κ3) is 28.8. The Kier molecular flexibility index (Phi) is 36.5. The minimum atomic E-state index is -5.66. The Morgan fingerprint density at radius 1 is 0.770 bits per heavy atom. The molecule has 0 radical (unpaired) electrons. The zero-order chi connectivity index (χ0) is 43.4. The van der Waals surface area contributed by atoms with Crippen LogP contribution in [-0.4, -0.2) is 76.6 Å².